The summed E-state index contributed by atoms with van der Waals surface area (Å²) in [7, 11) is 0. The fraction of sp³-hybridized carbons (Fsp3) is 0. The molecule has 0 amide bonds. The van der Waals surface area contributed by atoms with Crippen LogP contribution in [-0.2, 0) is 20.2 Å². The summed E-state index contributed by atoms with van der Waals surface area (Å²) in [6.45, 7) is 0. The summed E-state index contributed by atoms with van der Waals surface area (Å²) in [4.78, 5) is 11.1. The van der Waals surface area contributed by atoms with Gasteiger partial charge in [0.2, 0.25) is 0 Å². The third kappa shape index (κ3) is 1.55. The predicted octanol–water partition coefficient (Wildman–Crippen LogP) is 1.37. The van der Waals surface area contributed by atoms with Gasteiger partial charge in [-0.3, -0.25) is 0 Å². The van der Waals surface area contributed by atoms with Crippen molar-refractivity contribution in [3.8, 4) is 0 Å². The molecule has 1 rings (SSSR count). The first-order chi connectivity index (χ1) is 4.34. The van der Waals surface area contributed by atoms with Gasteiger partial charge in [0, 0.05) is 0 Å². The van der Waals surface area contributed by atoms with Crippen molar-refractivity contribution in [1.82, 2.24) is 0 Å². The van der Waals surface area contributed by atoms with Crippen LogP contribution in [0.1, 0.15) is 9.67 Å². The van der Waals surface area contributed by atoms with E-state index in [1.165, 1.54) is 11.3 Å². The van der Waals surface area contributed by atoms with Crippen molar-refractivity contribution in [1.29, 1.82) is 0 Å². The summed E-state index contributed by atoms with van der Waals surface area (Å²) < 4.78 is 4.03. The molecule has 0 saturated heterocycles. The molecule has 0 saturated carbocycles. The monoisotopic (exact) mass is 190 g/mol. The van der Waals surface area contributed by atoms with E-state index in [0.29, 0.717) is 4.88 Å². The standard InChI is InChI=1S/C5H4O2S.Cu/c6-5(7)4-2-1-3-8-4;/h1-3H,(H,6,7);/q;+1/p-1. The van der Waals surface area contributed by atoms with Gasteiger partial charge >= 0.3 is 64.7 Å². The average molecular weight is 191 g/mol. The third-order valence-corrected chi connectivity index (χ3v) is 1.80. The van der Waals surface area contributed by atoms with Crippen LogP contribution in [0.2, 0.25) is 0 Å². The van der Waals surface area contributed by atoms with Crippen molar-refractivity contribution in [2.24, 2.45) is 0 Å². The van der Waals surface area contributed by atoms with Gasteiger partial charge in [0.05, 0.1) is 0 Å². The Morgan fingerprint density at radius 1 is 1.78 bits per heavy atom. The Morgan fingerprint density at radius 2 is 2.56 bits per heavy atom. The molecule has 0 atom stereocenters. The molecule has 1 aromatic rings. The summed E-state index contributed by atoms with van der Waals surface area (Å²) in [5, 5.41) is 1.79. The summed E-state index contributed by atoms with van der Waals surface area (Å²) >= 11 is 5.53. The zero-order valence-electron chi connectivity index (χ0n) is 4.26. The maximum absolute atomic E-state index is 10.6. The molecule has 52 valence electrons. The molecule has 2 nitrogen and oxygen atoms in total. The van der Waals surface area contributed by atoms with E-state index in [2.05, 4.69) is 20.2 Å². The Hall–Kier alpha value is -0.311. The van der Waals surface area contributed by atoms with E-state index in [1.54, 1.807) is 17.5 Å². The quantitative estimate of drug-likeness (QED) is 0.626. The molecule has 9 heavy (non-hydrogen) atoms. The average Bonchev–Trinajstić information content (AvgIpc) is 2.37. The van der Waals surface area contributed by atoms with Crippen LogP contribution in [0, 0.1) is 0 Å². The van der Waals surface area contributed by atoms with E-state index in [1.807, 2.05) is 0 Å². The van der Waals surface area contributed by atoms with Crippen LogP contribution < -0.4 is 0 Å². The molecule has 0 radical (unpaired) electrons. The number of hydrogen-bond donors (Lipinski definition) is 0. The van der Waals surface area contributed by atoms with Crippen LogP contribution in [0.3, 0.4) is 0 Å². The molecule has 0 aliphatic rings. The zero-order chi connectivity index (χ0) is 6.69. The SMILES string of the molecule is O=C([O][Cu])c1cccs1. The Kier molecular flexibility index (Phi) is 2.28. The van der Waals surface area contributed by atoms with Crippen molar-refractivity contribution in [3.05, 3.63) is 22.4 Å². The van der Waals surface area contributed by atoms with Gasteiger partial charge in [-0.1, -0.05) is 0 Å². The van der Waals surface area contributed by atoms with E-state index in [4.69, 9.17) is 0 Å². The topological polar surface area (TPSA) is 26.3 Å². The first-order valence-corrected chi connectivity index (χ1v) is 3.44. The first kappa shape index (κ1) is 6.80. The van der Waals surface area contributed by atoms with Crippen LogP contribution in [0.15, 0.2) is 17.5 Å². The van der Waals surface area contributed by atoms with Gasteiger partial charge in [-0.25, -0.2) is 0 Å². The minimum absolute atomic E-state index is 0.454. The van der Waals surface area contributed by atoms with E-state index in [-0.39, 0.29) is 0 Å². The zero-order valence-corrected chi connectivity index (χ0v) is 6.02. The van der Waals surface area contributed by atoms with Gasteiger partial charge in [0.25, 0.3) is 0 Å². The Bertz CT molecular complexity index is 195. The third-order valence-electron chi connectivity index (χ3n) is 0.778. The Morgan fingerprint density at radius 3 is 3.00 bits per heavy atom. The molecule has 0 bridgehead atoms. The summed E-state index contributed by atoms with van der Waals surface area (Å²) in [6.07, 6.45) is 0. The maximum atomic E-state index is 10.6. The van der Waals surface area contributed by atoms with Crippen LogP contribution in [0.5, 0.6) is 0 Å². The molecule has 1 aromatic heterocycles. The second kappa shape index (κ2) is 3.01. The van der Waals surface area contributed by atoms with Crippen molar-refractivity contribution in [3.63, 3.8) is 0 Å². The molecule has 0 aromatic carbocycles. The van der Waals surface area contributed by atoms with E-state index in [0.717, 1.165) is 0 Å². The van der Waals surface area contributed by atoms with Crippen molar-refractivity contribution in [2.45, 2.75) is 0 Å². The number of carbonyl (C=O) groups excluding carboxylic acids is 1. The fourth-order valence-electron chi connectivity index (χ4n) is 0.425. The van der Waals surface area contributed by atoms with Crippen LogP contribution >= 0.6 is 11.3 Å². The molecule has 0 aliphatic heterocycles. The molecule has 0 spiro atoms. The second-order valence-corrected chi connectivity index (χ2v) is 2.47. The number of rotatable bonds is 1. The van der Waals surface area contributed by atoms with Crippen molar-refractivity contribution in [2.75, 3.05) is 0 Å². The molecule has 0 aliphatic carbocycles. The number of thiophene rings is 1. The molecule has 0 fully saturated rings. The molecular weight excluding hydrogens is 188 g/mol. The summed E-state index contributed by atoms with van der Waals surface area (Å²) in [5.41, 5.74) is 0. The van der Waals surface area contributed by atoms with Crippen LogP contribution in [0.4, 0.5) is 0 Å². The Balaban J connectivity index is 2.77. The Labute approximate surface area is 65.0 Å². The summed E-state index contributed by atoms with van der Waals surface area (Å²) in [5.74, 6) is -0.454. The van der Waals surface area contributed by atoms with Gasteiger partial charge in [0.1, 0.15) is 0 Å². The van der Waals surface area contributed by atoms with Crippen LogP contribution in [0.25, 0.3) is 0 Å². The molecule has 0 unspecified atom stereocenters. The summed E-state index contributed by atoms with van der Waals surface area (Å²) in [6, 6.07) is 3.43. The fourth-order valence-corrected chi connectivity index (χ4v) is 1.18. The van der Waals surface area contributed by atoms with Gasteiger partial charge in [0.15, 0.2) is 0 Å². The van der Waals surface area contributed by atoms with Crippen molar-refractivity contribution >= 4 is 17.3 Å². The molecule has 0 N–H and O–H groups in total. The van der Waals surface area contributed by atoms with E-state index < -0.39 is 5.97 Å². The van der Waals surface area contributed by atoms with Gasteiger partial charge < -0.3 is 0 Å². The van der Waals surface area contributed by atoms with Gasteiger partial charge in [-0.2, -0.15) is 0 Å². The molecule has 4 heteroatoms. The van der Waals surface area contributed by atoms with Crippen molar-refractivity contribution < 1.29 is 25.0 Å². The minimum atomic E-state index is -0.454. The second-order valence-electron chi connectivity index (χ2n) is 1.33. The number of carbonyl (C=O) groups is 1. The molecule has 1 heterocycles. The molecular formula is C5H3CuO2S. The van der Waals surface area contributed by atoms with Gasteiger partial charge in [-0.15, -0.1) is 0 Å². The van der Waals surface area contributed by atoms with E-state index in [9.17, 15) is 4.79 Å². The normalized spacial score (nSPS) is 9.11. The predicted molar refractivity (Wildman–Crippen MR) is 29.7 cm³/mol. The van der Waals surface area contributed by atoms with Crippen LogP contribution in [-0.4, -0.2) is 5.97 Å². The number of hydrogen-bond acceptors (Lipinski definition) is 3. The van der Waals surface area contributed by atoms with Gasteiger partial charge in [-0.05, 0) is 0 Å². The first-order valence-electron chi connectivity index (χ1n) is 2.18. The van der Waals surface area contributed by atoms with E-state index >= 15 is 0 Å².